The van der Waals surface area contributed by atoms with Crippen LogP contribution in [0.25, 0.3) is 10.6 Å². The van der Waals surface area contributed by atoms with Gasteiger partial charge in [0.05, 0.1) is 6.20 Å². The van der Waals surface area contributed by atoms with Gasteiger partial charge < -0.3 is 10.1 Å². The molecule has 3 aromatic rings. The quantitative estimate of drug-likeness (QED) is 0.628. The number of hydrogen-bond acceptors (Lipinski definition) is 5. The smallest absolute Gasteiger partial charge is 0.270 e. The first kappa shape index (κ1) is 19.3. The maximum atomic E-state index is 12.7. The molecule has 1 aliphatic heterocycles. The first-order valence-corrected chi connectivity index (χ1v) is 10.8. The summed E-state index contributed by atoms with van der Waals surface area (Å²) in [5.74, 6) is -0.146. The summed E-state index contributed by atoms with van der Waals surface area (Å²) in [6, 6.07) is 8.33. The number of nitrogens with one attached hydrogen (secondary N) is 1. The van der Waals surface area contributed by atoms with Crippen LogP contribution in [-0.4, -0.2) is 40.4 Å². The average molecular weight is 461 g/mol. The summed E-state index contributed by atoms with van der Waals surface area (Å²) in [5.41, 5.74) is 2.46. The molecule has 1 aromatic carbocycles. The number of carbonyl (C=O) groups is 1. The molecule has 0 spiro atoms. The van der Waals surface area contributed by atoms with Gasteiger partial charge in [0.2, 0.25) is 0 Å². The number of nitrogens with zero attached hydrogens (tertiary/aromatic N) is 3. The summed E-state index contributed by atoms with van der Waals surface area (Å²) in [4.78, 5) is 17.2. The molecule has 0 saturated carbocycles. The van der Waals surface area contributed by atoms with Crippen molar-refractivity contribution >= 4 is 33.2 Å². The Morgan fingerprint density at radius 1 is 1.39 bits per heavy atom. The molecule has 1 aliphatic rings. The Morgan fingerprint density at radius 2 is 2.21 bits per heavy atom. The fourth-order valence-corrected chi connectivity index (χ4v) is 4.71. The van der Waals surface area contributed by atoms with Crippen molar-refractivity contribution < 1.29 is 9.53 Å². The van der Waals surface area contributed by atoms with Crippen molar-refractivity contribution in [2.75, 3.05) is 19.8 Å². The van der Waals surface area contributed by atoms with E-state index in [1.165, 1.54) is 16.9 Å². The fraction of sp³-hybridized carbons (Fsp3) is 0.350. The van der Waals surface area contributed by atoms with Crippen LogP contribution in [-0.2, 0) is 17.2 Å². The highest BCUT2D eigenvalue weighted by molar-refractivity contribution is 9.10. The number of aryl methyl sites for hydroxylation is 1. The molecule has 4 rings (SSSR count). The number of carbonyl (C=O) groups excluding carboxylic acids is 1. The zero-order valence-electron chi connectivity index (χ0n) is 15.5. The number of rotatable bonds is 5. The summed E-state index contributed by atoms with van der Waals surface area (Å²) < 4.78 is 8.35. The van der Waals surface area contributed by atoms with Crippen LogP contribution in [0.2, 0.25) is 0 Å². The van der Waals surface area contributed by atoms with Crippen molar-refractivity contribution in [3.05, 3.63) is 57.8 Å². The Morgan fingerprint density at radius 3 is 2.93 bits per heavy atom. The highest BCUT2D eigenvalue weighted by Gasteiger charge is 2.35. The van der Waals surface area contributed by atoms with Crippen LogP contribution in [0.4, 0.5) is 0 Å². The first-order chi connectivity index (χ1) is 13.6. The van der Waals surface area contributed by atoms with Gasteiger partial charge in [-0.2, -0.15) is 5.10 Å². The molecule has 0 unspecified atom stereocenters. The minimum absolute atomic E-state index is 0.125. The molecule has 1 N–H and O–H groups in total. The molecule has 6 nitrogen and oxygen atoms in total. The van der Waals surface area contributed by atoms with E-state index >= 15 is 0 Å². The fourth-order valence-electron chi connectivity index (χ4n) is 3.53. The number of benzene rings is 1. The van der Waals surface area contributed by atoms with Crippen LogP contribution in [0, 0.1) is 0 Å². The van der Waals surface area contributed by atoms with E-state index in [4.69, 9.17) is 4.74 Å². The standard InChI is InChI=1S/C20H21BrN4O2S/c1-25-11-14(10-23-25)19-24-17(12-28-19)18(26)22-13-20(5-7-27-8-6-20)15-3-2-4-16(21)9-15/h2-4,9-12H,5-8,13H2,1H3,(H,22,26). The van der Waals surface area contributed by atoms with E-state index in [1.54, 1.807) is 16.3 Å². The normalized spacial score (nSPS) is 16.1. The van der Waals surface area contributed by atoms with E-state index in [1.807, 2.05) is 25.4 Å². The Bertz CT molecular complexity index is 978. The minimum Gasteiger partial charge on any atom is -0.381 e. The molecule has 1 fully saturated rings. The van der Waals surface area contributed by atoms with Crippen LogP contribution in [0.15, 0.2) is 46.5 Å². The van der Waals surface area contributed by atoms with E-state index in [-0.39, 0.29) is 11.3 Å². The van der Waals surface area contributed by atoms with Crippen molar-refractivity contribution in [3.8, 4) is 10.6 Å². The molecule has 0 bridgehead atoms. The van der Waals surface area contributed by atoms with Gasteiger partial charge in [-0.25, -0.2) is 4.98 Å². The maximum Gasteiger partial charge on any atom is 0.270 e. The molecule has 146 valence electrons. The van der Waals surface area contributed by atoms with Crippen LogP contribution < -0.4 is 5.32 Å². The zero-order chi connectivity index (χ0) is 19.6. The molecule has 1 saturated heterocycles. The molecule has 0 radical (unpaired) electrons. The van der Waals surface area contributed by atoms with Crippen LogP contribution in [0.1, 0.15) is 28.9 Å². The predicted molar refractivity (Wildman–Crippen MR) is 113 cm³/mol. The van der Waals surface area contributed by atoms with E-state index < -0.39 is 0 Å². The number of thiazole rings is 1. The lowest BCUT2D eigenvalue weighted by atomic mass is 9.74. The van der Waals surface area contributed by atoms with Gasteiger partial charge in [-0.1, -0.05) is 28.1 Å². The summed E-state index contributed by atoms with van der Waals surface area (Å²) in [7, 11) is 1.86. The van der Waals surface area contributed by atoms with Gasteiger partial charge in [-0.3, -0.25) is 9.48 Å². The minimum atomic E-state index is -0.146. The first-order valence-electron chi connectivity index (χ1n) is 9.12. The van der Waals surface area contributed by atoms with Crippen molar-refractivity contribution in [2.45, 2.75) is 18.3 Å². The molecule has 0 atom stereocenters. The lowest BCUT2D eigenvalue weighted by Crippen LogP contribution is -2.44. The van der Waals surface area contributed by atoms with E-state index in [2.05, 4.69) is 43.5 Å². The zero-order valence-corrected chi connectivity index (χ0v) is 17.9. The molecular weight excluding hydrogens is 440 g/mol. The highest BCUT2D eigenvalue weighted by atomic mass is 79.9. The predicted octanol–water partition coefficient (Wildman–Crippen LogP) is 3.78. The number of ether oxygens (including phenoxy) is 1. The topological polar surface area (TPSA) is 69.0 Å². The third-order valence-electron chi connectivity index (χ3n) is 5.16. The monoisotopic (exact) mass is 460 g/mol. The SMILES string of the molecule is Cn1cc(-c2nc(C(=O)NCC3(c4cccc(Br)c4)CCOCC3)cs2)cn1. The van der Waals surface area contributed by atoms with Gasteiger partial charge in [-0.05, 0) is 30.5 Å². The summed E-state index contributed by atoms with van der Waals surface area (Å²) >= 11 is 5.01. The summed E-state index contributed by atoms with van der Waals surface area (Å²) in [6.45, 7) is 1.96. The second-order valence-corrected chi connectivity index (χ2v) is 8.80. The average Bonchev–Trinajstić information content (AvgIpc) is 3.36. The van der Waals surface area contributed by atoms with Gasteiger partial charge in [0, 0.05) is 53.8 Å². The summed E-state index contributed by atoms with van der Waals surface area (Å²) in [5, 5.41) is 9.87. The van der Waals surface area contributed by atoms with Gasteiger partial charge in [0.25, 0.3) is 5.91 Å². The molecule has 1 amide bonds. The second kappa shape index (κ2) is 8.14. The van der Waals surface area contributed by atoms with Gasteiger partial charge in [-0.15, -0.1) is 11.3 Å². The number of aromatic nitrogens is 3. The van der Waals surface area contributed by atoms with Crippen molar-refractivity contribution in [1.82, 2.24) is 20.1 Å². The Hall–Kier alpha value is -2.03. The van der Waals surface area contributed by atoms with E-state index in [9.17, 15) is 4.79 Å². The molecule has 0 aliphatic carbocycles. The van der Waals surface area contributed by atoms with Crippen LogP contribution in [0.5, 0.6) is 0 Å². The second-order valence-electron chi connectivity index (χ2n) is 7.03. The molecule has 2 aromatic heterocycles. The maximum absolute atomic E-state index is 12.7. The molecule has 28 heavy (non-hydrogen) atoms. The third kappa shape index (κ3) is 4.04. The van der Waals surface area contributed by atoms with E-state index in [0.29, 0.717) is 25.5 Å². The number of amides is 1. The van der Waals surface area contributed by atoms with Gasteiger partial charge >= 0.3 is 0 Å². The molecule has 3 heterocycles. The van der Waals surface area contributed by atoms with Crippen LogP contribution in [0.3, 0.4) is 0 Å². The number of hydrogen-bond donors (Lipinski definition) is 1. The molecule has 8 heteroatoms. The number of halogens is 1. The van der Waals surface area contributed by atoms with Gasteiger partial charge in [0.1, 0.15) is 10.7 Å². The van der Waals surface area contributed by atoms with Crippen LogP contribution >= 0.6 is 27.3 Å². The Labute approximate surface area is 176 Å². The summed E-state index contributed by atoms with van der Waals surface area (Å²) in [6.07, 6.45) is 5.40. The third-order valence-corrected chi connectivity index (χ3v) is 6.55. The Kier molecular flexibility index (Phi) is 5.61. The van der Waals surface area contributed by atoms with Crippen molar-refractivity contribution in [1.29, 1.82) is 0 Å². The van der Waals surface area contributed by atoms with Crippen molar-refractivity contribution in [3.63, 3.8) is 0 Å². The lowest BCUT2D eigenvalue weighted by Gasteiger charge is -2.38. The highest BCUT2D eigenvalue weighted by Crippen LogP contribution is 2.35. The largest absolute Gasteiger partial charge is 0.381 e. The van der Waals surface area contributed by atoms with E-state index in [0.717, 1.165) is 27.9 Å². The lowest BCUT2D eigenvalue weighted by molar-refractivity contribution is 0.0486. The molecular formula is C20H21BrN4O2S. The van der Waals surface area contributed by atoms with Gasteiger partial charge in [0.15, 0.2) is 0 Å². The Balaban J connectivity index is 1.50. The van der Waals surface area contributed by atoms with Crippen molar-refractivity contribution in [2.24, 2.45) is 7.05 Å².